The molecule has 6 nitrogen and oxygen atoms in total. The summed E-state index contributed by atoms with van der Waals surface area (Å²) in [6.45, 7) is 5.57. The predicted octanol–water partition coefficient (Wildman–Crippen LogP) is 3.59. The van der Waals surface area contributed by atoms with Crippen LogP contribution >= 0.6 is 0 Å². The van der Waals surface area contributed by atoms with Gasteiger partial charge < -0.3 is 19.9 Å². The van der Waals surface area contributed by atoms with Crippen molar-refractivity contribution in [2.24, 2.45) is 11.8 Å². The Hall–Kier alpha value is -3.28. The number of ether oxygens (including phenoxy) is 1. The molecule has 1 N–H and O–H groups in total. The quantitative estimate of drug-likeness (QED) is 0.640. The summed E-state index contributed by atoms with van der Waals surface area (Å²) in [5.41, 5.74) is 3.57. The fraction of sp³-hybridized carbons (Fsp3) is 0.429. The first-order valence-corrected chi connectivity index (χ1v) is 12.2. The lowest BCUT2D eigenvalue weighted by Gasteiger charge is -2.39. The maximum atomic E-state index is 13.4. The summed E-state index contributed by atoms with van der Waals surface area (Å²) in [7, 11) is 1.66. The van der Waals surface area contributed by atoms with E-state index in [2.05, 4.69) is 53.5 Å². The van der Waals surface area contributed by atoms with Crippen LogP contribution in [0.15, 0.2) is 60.7 Å². The zero-order chi connectivity index (χ0) is 23.9. The van der Waals surface area contributed by atoms with E-state index in [0.717, 1.165) is 30.9 Å². The van der Waals surface area contributed by atoms with Crippen molar-refractivity contribution in [3.8, 4) is 5.75 Å². The number of nitrogens with one attached hydrogen (secondary N) is 1. The van der Waals surface area contributed by atoms with E-state index >= 15 is 0 Å². The Labute approximate surface area is 202 Å². The number of rotatable bonds is 7. The summed E-state index contributed by atoms with van der Waals surface area (Å²) in [4.78, 5) is 30.6. The topological polar surface area (TPSA) is 61.9 Å². The van der Waals surface area contributed by atoms with E-state index in [1.54, 1.807) is 7.11 Å². The molecule has 0 spiro atoms. The lowest BCUT2D eigenvalue weighted by atomic mass is 9.81. The Balaban J connectivity index is 1.30. The summed E-state index contributed by atoms with van der Waals surface area (Å²) in [6, 6.07) is 16.4. The molecular formula is C28H35N3O3. The van der Waals surface area contributed by atoms with Crippen LogP contribution in [0.3, 0.4) is 0 Å². The van der Waals surface area contributed by atoms with Gasteiger partial charge in [-0.2, -0.15) is 0 Å². The molecule has 0 radical (unpaired) electrons. The van der Waals surface area contributed by atoms with E-state index in [1.807, 2.05) is 29.2 Å². The number of carbonyl (C=O) groups is 2. The van der Waals surface area contributed by atoms with Crippen molar-refractivity contribution in [1.29, 1.82) is 0 Å². The zero-order valence-corrected chi connectivity index (χ0v) is 20.2. The Morgan fingerprint density at radius 3 is 2.21 bits per heavy atom. The molecule has 180 valence electrons. The first kappa shape index (κ1) is 23.9. The Bertz CT molecular complexity index is 993. The maximum absolute atomic E-state index is 13.4. The van der Waals surface area contributed by atoms with Crippen molar-refractivity contribution in [1.82, 2.24) is 10.2 Å². The molecule has 2 atom stereocenters. The van der Waals surface area contributed by atoms with Crippen LogP contribution in [0.5, 0.6) is 5.75 Å². The van der Waals surface area contributed by atoms with Gasteiger partial charge in [-0.15, -0.1) is 0 Å². The van der Waals surface area contributed by atoms with Gasteiger partial charge in [-0.05, 0) is 56.0 Å². The highest BCUT2D eigenvalue weighted by molar-refractivity contribution is 5.88. The molecule has 1 saturated heterocycles. The van der Waals surface area contributed by atoms with Crippen LogP contribution in [-0.2, 0) is 16.0 Å². The second-order valence-corrected chi connectivity index (χ2v) is 9.19. The molecule has 1 aliphatic carbocycles. The van der Waals surface area contributed by atoms with Crippen molar-refractivity contribution in [3.05, 3.63) is 71.8 Å². The summed E-state index contributed by atoms with van der Waals surface area (Å²) < 4.78 is 5.24. The number of nitrogens with zero attached hydrogens (tertiary/aromatic N) is 2. The van der Waals surface area contributed by atoms with E-state index < -0.39 is 0 Å². The maximum Gasteiger partial charge on any atom is 0.226 e. The molecule has 34 heavy (non-hydrogen) atoms. The van der Waals surface area contributed by atoms with E-state index in [9.17, 15) is 9.59 Å². The lowest BCUT2D eigenvalue weighted by Crippen LogP contribution is -2.52. The zero-order valence-electron chi connectivity index (χ0n) is 20.2. The molecule has 0 bridgehead atoms. The summed E-state index contributed by atoms with van der Waals surface area (Å²) in [5.74, 6) is 0.363. The third-order valence-corrected chi connectivity index (χ3v) is 6.95. The fourth-order valence-corrected chi connectivity index (χ4v) is 4.81. The monoisotopic (exact) mass is 461 g/mol. The Kier molecular flexibility index (Phi) is 7.88. The molecule has 1 fully saturated rings. The number of hydrogen-bond acceptors (Lipinski definition) is 4. The highest BCUT2D eigenvalue weighted by atomic mass is 16.5. The van der Waals surface area contributed by atoms with Gasteiger partial charge in [0, 0.05) is 38.4 Å². The van der Waals surface area contributed by atoms with Gasteiger partial charge in [0.15, 0.2) is 0 Å². The normalized spacial score (nSPS) is 20.2. The van der Waals surface area contributed by atoms with Crippen molar-refractivity contribution < 1.29 is 14.3 Å². The first-order chi connectivity index (χ1) is 16.5. The molecule has 1 heterocycles. The second kappa shape index (κ2) is 11.2. The Morgan fingerprint density at radius 1 is 0.912 bits per heavy atom. The van der Waals surface area contributed by atoms with Gasteiger partial charge in [0.2, 0.25) is 11.8 Å². The lowest BCUT2D eigenvalue weighted by molar-refractivity contribution is -0.142. The number of carbonyl (C=O) groups excluding carboxylic acids is 2. The molecular weight excluding hydrogens is 426 g/mol. The van der Waals surface area contributed by atoms with Crippen LogP contribution in [0.4, 0.5) is 5.69 Å². The van der Waals surface area contributed by atoms with Gasteiger partial charge in [-0.3, -0.25) is 9.59 Å². The van der Waals surface area contributed by atoms with Gasteiger partial charge in [-0.1, -0.05) is 42.0 Å². The van der Waals surface area contributed by atoms with Gasteiger partial charge in [0.05, 0.1) is 18.9 Å². The highest BCUT2D eigenvalue weighted by Gasteiger charge is 2.37. The molecule has 6 heteroatoms. The third kappa shape index (κ3) is 5.79. The molecule has 2 aliphatic rings. The van der Waals surface area contributed by atoms with Gasteiger partial charge in [-0.25, -0.2) is 0 Å². The molecule has 4 rings (SSSR count). The molecule has 2 unspecified atom stereocenters. The van der Waals surface area contributed by atoms with E-state index in [0.29, 0.717) is 32.5 Å². The number of aryl methyl sites for hydroxylation is 1. The average molecular weight is 462 g/mol. The minimum absolute atomic E-state index is 0.00770. The summed E-state index contributed by atoms with van der Waals surface area (Å²) in [5, 5.41) is 3.08. The molecule has 0 aromatic heterocycles. The average Bonchev–Trinajstić information content (AvgIpc) is 2.89. The van der Waals surface area contributed by atoms with E-state index in [1.165, 1.54) is 11.1 Å². The van der Waals surface area contributed by atoms with Gasteiger partial charge >= 0.3 is 0 Å². The van der Waals surface area contributed by atoms with Crippen LogP contribution in [0.25, 0.3) is 0 Å². The van der Waals surface area contributed by atoms with E-state index in [4.69, 9.17) is 4.74 Å². The van der Waals surface area contributed by atoms with Crippen molar-refractivity contribution >= 4 is 17.5 Å². The minimum Gasteiger partial charge on any atom is -0.497 e. The highest BCUT2D eigenvalue weighted by Crippen LogP contribution is 2.29. The van der Waals surface area contributed by atoms with Gasteiger partial charge in [0.1, 0.15) is 5.75 Å². The predicted molar refractivity (Wildman–Crippen MR) is 135 cm³/mol. The van der Waals surface area contributed by atoms with Crippen molar-refractivity contribution in [2.75, 3.05) is 44.7 Å². The molecule has 0 saturated carbocycles. The standard InChI is InChI=1S/C28H35N3O3/c1-21-7-9-22(10-8-21)15-16-29-27(32)25-5-3-4-6-26(25)28(33)31-19-17-30(18-20-31)23-11-13-24(34-2)14-12-23/h3-4,7-14,25-26H,5-6,15-20H2,1-2H3,(H,29,32). The first-order valence-electron chi connectivity index (χ1n) is 12.2. The van der Waals surface area contributed by atoms with Crippen LogP contribution < -0.4 is 15.0 Å². The number of hydrogen-bond donors (Lipinski definition) is 1. The second-order valence-electron chi connectivity index (χ2n) is 9.19. The SMILES string of the molecule is COc1ccc(N2CCN(C(=O)C3CC=CCC3C(=O)NCCc3ccc(C)cc3)CC2)cc1. The third-order valence-electron chi connectivity index (χ3n) is 6.95. The number of piperazine rings is 1. The van der Waals surface area contributed by atoms with Crippen molar-refractivity contribution in [2.45, 2.75) is 26.2 Å². The number of benzene rings is 2. The fourth-order valence-electron chi connectivity index (χ4n) is 4.81. The largest absolute Gasteiger partial charge is 0.497 e. The van der Waals surface area contributed by atoms with E-state index in [-0.39, 0.29) is 23.7 Å². The van der Waals surface area contributed by atoms with Gasteiger partial charge in [0.25, 0.3) is 0 Å². The van der Waals surface area contributed by atoms with Crippen LogP contribution in [0.2, 0.25) is 0 Å². The number of methoxy groups -OCH3 is 1. The summed E-state index contributed by atoms with van der Waals surface area (Å²) >= 11 is 0. The Morgan fingerprint density at radius 2 is 1.56 bits per heavy atom. The van der Waals surface area contributed by atoms with Crippen LogP contribution in [-0.4, -0.2) is 56.5 Å². The summed E-state index contributed by atoms with van der Waals surface area (Å²) in [6.07, 6.45) is 6.13. The molecule has 2 aromatic carbocycles. The van der Waals surface area contributed by atoms with Crippen LogP contribution in [0, 0.1) is 18.8 Å². The number of anilines is 1. The smallest absolute Gasteiger partial charge is 0.226 e. The molecule has 1 aliphatic heterocycles. The molecule has 2 amide bonds. The number of allylic oxidation sites excluding steroid dienone is 2. The van der Waals surface area contributed by atoms with Crippen molar-refractivity contribution in [3.63, 3.8) is 0 Å². The minimum atomic E-state index is -0.296. The number of amides is 2. The molecule has 2 aromatic rings. The van der Waals surface area contributed by atoms with Crippen LogP contribution in [0.1, 0.15) is 24.0 Å².